The Balaban J connectivity index is 1.51. The van der Waals surface area contributed by atoms with E-state index < -0.39 is 29.3 Å². The van der Waals surface area contributed by atoms with Crippen LogP contribution in [0.25, 0.3) is 0 Å². The normalized spacial score (nSPS) is 17.9. The molecule has 0 saturated carbocycles. The van der Waals surface area contributed by atoms with Crippen molar-refractivity contribution < 1.29 is 33.4 Å². The molecule has 0 spiro atoms. The van der Waals surface area contributed by atoms with Gasteiger partial charge in [-0.3, -0.25) is 24.6 Å². The molecule has 1 fully saturated rings. The number of nitrogens with one attached hydrogen (secondary N) is 2. The van der Waals surface area contributed by atoms with Crippen LogP contribution in [0.3, 0.4) is 0 Å². The smallest absolute Gasteiger partial charge is 0.333 e. The Morgan fingerprint density at radius 1 is 1.06 bits per heavy atom. The fourth-order valence-electron chi connectivity index (χ4n) is 3.77. The molecular formula is C23H21N3O7. The SMILES string of the molecule is O=CCOc1ccc(C(=O)C2C(=O)c3cccc(NC(=O)NN4CCOCC4)c3C2=O)cc1. The molecule has 2 aromatic rings. The molecule has 10 nitrogen and oxygen atoms in total. The van der Waals surface area contributed by atoms with E-state index >= 15 is 0 Å². The minimum atomic E-state index is -1.52. The number of hydrazine groups is 1. The molecule has 2 N–H and O–H groups in total. The van der Waals surface area contributed by atoms with Crippen LogP contribution in [0.15, 0.2) is 42.5 Å². The number of carbonyl (C=O) groups excluding carboxylic acids is 5. The quantitative estimate of drug-likeness (QED) is 0.368. The highest BCUT2D eigenvalue weighted by atomic mass is 16.5. The van der Waals surface area contributed by atoms with Gasteiger partial charge in [-0.25, -0.2) is 9.80 Å². The van der Waals surface area contributed by atoms with E-state index in [1.807, 2.05) is 0 Å². The maximum Gasteiger partial charge on any atom is 0.333 e. The third-order valence-electron chi connectivity index (χ3n) is 5.34. The molecule has 1 heterocycles. The lowest BCUT2D eigenvalue weighted by Crippen LogP contribution is -2.49. The van der Waals surface area contributed by atoms with Gasteiger partial charge in [-0.1, -0.05) is 12.1 Å². The van der Waals surface area contributed by atoms with Gasteiger partial charge in [0, 0.05) is 24.2 Å². The molecule has 2 aliphatic rings. The van der Waals surface area contributed by atoms with Crippen LogP contribution < -0.4 is 15.5 Å². The van der Waals surface area contributed by atoms with E-state index in [9.17, 15) is 24.0 Å². The number of aldehydes is 1. The molecule has 10 heteroatoms. The standard InChI is InChI=1S/C23H21N3O7/c27-10-13-33-15-6-4-14(5-7-15)20(28)19-21(29)16-2-1-3-17(18(16)22(19)30)24-23(31)25-26-8-11-32-12-9-26/h1-7,10,19H,8-9,11-13H2,(H2,24,25,31). The van der Waals surface area contributed by atoms with E-state index in [0.29, 0.717) is 38.3 Å². The molecular weight excluding hydrogens is 430 g/mol. The first-order valence-electron chi connectivity index (χ1n) is 10.3. The van der Waals surface area contributed by atoms with Crippen molar-refractivity contribution in [3.63, 3.8) is 0 Å². The number of urea groups is 1. The van der Waals surface area contributed by atoms with E-state index in [1.54, 1.807) is 11.1 Å². The lowest BCUT2D eigenvalue weighted by molar-refractivity contribution is -0.109. The lowest BCUT2D eigenvalue weighted by atomic mass is 9.93. The van der Waals surface area contributed by atoms with Crippen LogP contribution in [0.2, 0.25) is 0 Å². The third kappa shape index (κ3) is 4.66. The van der Waals surface area contributed by atoms with Crippen molar-refractivity contribution in [2.75, 3.05) is 38.2 Å². The van der Waals surface area contributed by atoms with E-state index in [0.717, 1.165) is 0 Å². The molecule has 4 rings (SSSR count). The lowest BCUT2D eigenvalue weighted by Gasteiger charge is -2.27. The molecule has 1 unspecified atom stereocenters. The molecule has 1 aliphatic carbocycles. The minimum absolute atomic E-state index is 0.0175. The number of rotatable bonds is 7. The van der Waals surface area contributed by atoms with Crippen molar-refractivity contribution >= 4 is 35.4 Å². The second-order valence-corrected chi connectivity index (χ2v) is 7.42. The number of hydrogen-bond acceptors (Lipinski definition) is 8. The Kier molecular flexibility index (Phi) is 6.57. The van der Waals surface area contributed by atoms with Crippen LogP contribution in [-0.4, -0.2) is 67.6 Å². The van der Waals surface area contributed by atoms with Crippen molar-refractivity contribution in [1.82, 2.24) is 10.4 Å². The van der Waals surface area contributed by atoms with Crippen molar-refractivity contribution in [3.8, 4) is 5.75 Å². The van der Waals surface area contributed by atoms with Crippen LogP contribution in [0.4, 0.5) is 10.5 Å². The van der Waals surface area contributed by atoms with E-state index in [4.69, 9.17) is 9.47 Å². The summed E-state index contributed by atoms with van der Waals surface area (Å²) < 4.78 is 10.4. The second kappa shape index (κ2) is 9.72. The Morgan fingerprint density at radius 2 is 1.79 bits per heavy atom. The molecule has 0 bridgehead atoms. The summed E-state index contributed by atoms with van der Waals surface area (Å²) in [5.74, 6) is -3.07. The van der Waals surface area contributed by atoms with E-state index in [-0.39, 0.29) is 29.0 Å². The summed E-state index contributed by atoms with van der Waals surface area (Å²) in [5.41, 5.74) is 3.10. The van der Waals surface area contributed by atoms with Crippen molar-refractivity contribution in [2.45, 2.75) is 0 Å². The topological polar surface area (TPSA) is 131 Å². The highest BCUT2D eigenvalue weighted by Gasteiger charge is 2.45. The zero-order valence-electron chi connectivity index (χ0n) is 17.5. The average Bonchev–Trinajstić information content (AvgIpc) is 3.09. The number of benzene rings is 2. The molecule has 2 amide bonds. The van der Waals surface area contributed by atoms with Gasteiger partial charge in [0.1, 0.15) is 18.3 Å². The number of ether oxygens (including phenoxy) is 2. The predicted molar refractivity (Wildman–Crippen MR) is 115 cm³/mol. The van der Waals surface area contributed by atoms with Crippen LogP contribution in [-0.2, 0) is 9.53 Å². The number of anilines is 1. The third-order valence-corrected chi connectivity index (χ3v) is 5.34. The fourth-order valence-corrected chi connectivity index (χ4v) is 3.77. The summed E-state index contributed by atoms with van der Waals surface area (Å²) in [6, 6.07) is 9.78. The van der Waals surface area contributed by atoms with Gasteiger partial charge in [0.2, 0.25) is 0 Å². The van der Waals surface area contributed by atoms with Crippen molar-refractivity contribution in [2.24, 2.45) is 5.92 Å². The van der Waals surface area contributed by atoms with Gasteiger partial charge in [0.15, 0.2) is 23.6 Å². The van der Waals surface area contributed by atoms with Gasteiger partial charge in [-0.15, -0.1) is 0 Å². The number of Topliss-reactive ketones (excluding diaryl/α,β-unsaturated/α-hetero) is 3. The van der Waals surface area contributed by atoms with Crippen LogP contribution in [0.5, 0.6) is 5.75 Å². The predicted octanol–water partition coefficient (Wildman–Crippen LogP) is 1.51. The summed E-state index contributed by atoms with van der Waals surface area (Å²) in [6.07, 6.45) is 0.596. The molecule has 1 saturated heterocycles. The first-order valence-corrected chi connectivity index (χ1v) is 10.3. The summed E-state index contributed by atoms with van der Waals surface area (Å²) in [6.45, 7) is 1.89. The largest absolute Gasteiger partial charge is 0.486 e. The number of hydrogen-bond donors (Lipinski definition) is 2. The first-order chi connectivity index (χ1) is 16.0. The molecule has 170 valence electrons. The van der Waals surface area contributed by atoms with Gasteiger partial charge in [-0.2, -0.15) is 0 Å². The fraction of sp³-hybridized carbons (Fsp3) is 0.261. The Bertz CT molecular complexity index is 1110. The number of carbonyl (C=O) groups is 5. The summed E-state index contributed by atoms with van der Waals surface area (Å²) in [4.78, 5) is 61.9. The van der Waals surface area contributed by atoms with Gasteiger partial charge in [0.05, 0.1) is 24.5 Å². The van der Waals surface area contributed by atoms with Crippen LogP contribution in [0.1, 0.15) is 31.1 Å². The Labute approximate surface area is 188 Å². The highest BCUT2D eigenvalue weighted by Crippen LogP contribution is 2.34. The second-order valence-electron chi connectivity index (χ2n) is 7.42. The summed E-state index contributed by atoms with van der Waals surface area (Å²) >= 11 is 0. The number of amides is 2. The van der Waals surface area contributed by atoms with Gasteiger partial charge >= 0.3 is 6.03 Å². The van der Waals surface area contributed by atoms with Crippen molar-refractivity contribution in [1.29, 1.82) is 0 Å². The summed E-state index contributed by atoms with van der Waals surface area (Å²) in [7, 11) is 0. The molecule has 0 aromatic heterocycles. The summed E-state index contributed by atoms with van der Waals surface area (Å²) in [5, 5.41) is 4.29. The number of fused-ring (bicyclic) bond motifs is 1. The minimum Gasteiger partial charge on any atom is -0.486 e. The van der Waals surface area contributed by atoms with Crippen LogP contribution >= 0.6 is 0 Å². The highest BCUT2D eigenvalue weighted by molar-refractivity contribution is 6.39. The van der Waals surface area contributed by atoms with Gasteiger partial charge in [-0.05, 0) is 30.3 Å². The Hall–Kier alpha value is -3.89. The van der Waals surface area contributed by atoms with Gasteiger partial charge in [0.25, 0.3) is 0 Å². The zero-order chi connectivity index (χ0) is 23.4. The van der Waals surface area contributed by atoms with Crippen LogP contribution in [0, 0.1) is 5.92 Å². The number of morpholine rings is 1. The average molecular weight is 451 g/mol. The molecule has 1 aliphatic heterocycles. The number of nitrogens with zero attached hydrogens (tertiary/aromatic N) is 1. The maximum atomic E-state index is 13.1. The van der Waals surface area contributed by atoms with Gasteiger partial charge < -0.3 is 14.8 Å². The monoisotopic (exact) mass is 451 g/mol. The van der Waals surface area contributed by atoms with Crippen molar-refractivity contribution in [3.05, 3.63) is 59.2 Å². The molecule has 0 radical (unpaired) electrons. The molecule has 2 aromatic carbocycles. The maximum absolute atomic E-state index is 13.1. The Morgan fingerprint density at radius 3 is 2.48 bits per heavy atom. The first kappa shape index (κ1) is 22.3. The van der Waals surface area contributed by atoms with E-state index in [1.165, 1.54) is 36.4 Å². The van der Waals surface area contributed by atoms with E-state index in [2.05, 4.69) is 10.7 Å². The molecule has 1 atom stereocenters. The number of ketones is 3. The molecule has 33 heavy (non-hydrogen) atoms. The zero-order valence-corrected chi connectivity index (χ0v) is 17.5.